The molecule has 5 heteroatoms. The molecule has 0 bridgehead atoms. The number of esters is 1. The van der Waals surface area contributed by atoms with E-state index in [0.717, 1.165) is 22.3 Å². The highest BCUT2D eigenvalue weighted by molar-refractivity contribution is 6.09. The Morgan fingerprint density at radius 1 is 1.15 bits per heavy atom. The molecule has 0 amide bonds. The molecule has 0 aromatic heterocycles. The van der Waals surface area contributed by atoms with Crippen molar-refractivity contribution >= 4 is 11.8 Å². The first-order valence-corrected chi connectivity index (χ1v) is 8.68. The Balaban J connectivity index is 1.84. The standard InChI is InChI=1S/C21H20N2O3/c1-12-4-6-15-14(8-12)10-21(19(15)24)18(11-22-23-21)17-9-13(2)5-7-16(17)20(25)26-3/h4-9,18H,10-11H2,1-3H3/t18-,21+/m1/s1. The summed E-state index contributed by atoms with van der Waals surface area (Å²) in [5.41, 5.74) is 4.18. The second-order valence-corrected chi connectivity index (χ2v) is 7.15. The average Bonchev–Trinajstić information content (AvgIpc) is 3.16. The fraction of sp³-hybridized carbons (Fsp3) is 0.333. The molecule has 0 fully saturated rings. The summed E-state index contributed by atoms with van der Waals surface area (Å²) in [5.74, 6) is -0.673. The highest BCUT2D eigenvalue weighted by atomic mass is 16.5. The Morgan fingerprint density at radius 2 is 1.88 bits per heavy atom. The van der Waals surface area contributed by atoms with Gasteiger partial charge in [-0.15, -0.1) is 0 Å². The van der Waals surface area contributed by atoms with Gasteiger partial charge in [-0.1, -0.05) is 41.5 Å². The fourth-order valence-corrected chi connectivity index (χ4v) is 4.15. The second-order valence-electron chi connectivity index (χ2n) is 7.15. The summed E-state index contributed by atoms with van der Waals surface area (Å²) < 4.78 is 4.95. The van der Waals surface area contributed by atoms with Crippen LogP contribution in [0.1, 0.15) is 48.9 Å². The van der Waals surface area contributed by atoms with E-state index in [4.69, 9.17) is 4.74 Å². The van der Waals surface area contributed by atoms with Crippen molar-refractivity contribution in [3.05, 3.63) is 69.8 Å². The van der Waals surface area contributed by atoms with Crippen molar-refractivity contribution in [3.63, 3.8) is 0 Å². The number of ketones is 1. The molecule has 0 saturated heterocycles. The number of fused-ring (bicyclic) bond motifs is 1. The van der Waals surface area contributed by atoms with Crippen LogP contribution in [0.3, 0.4) is 0 Å². The number of rotatable bonds is 2. The number of aryl methyl sites for hydroxylation is 2. The highest BCUT2D eigenvalue weighted by Crippen LogP contribution is 2.47. The Hall–Kier alpha value is -2.82. The summed E-state index contributed by atoms with van der Waals surface area (Å²) in [5, 5.41) is 8.67. The maximum atomic E-state index is 13.3. The van der Waals surface area contributed by atoms with E-state index in [1.165, 1.54) is 7.11 Å². The molecule has 0 radical (unpaired) electrons. The maximum Gasteiger partial charge on any atom is 0.338 e. The summed E-state index contributed by atoms with van der Waals surface area (Å²) in [7, 11) is 1.37. The zero-order valence-electron chi connectivity index (χ0n) is 15.1. The number of azo groups is 1. The summed E-state index contributed by atoms with van der Waals surface area (Å²) in [4.78, 5) is 25.6. The number of carbonyl (C=O) groups excluding carboxylic acids is 2. The fourth-order valence-electron chi connectivity index (χ4n) is 4.15. The van der Waals surface area contributed by atoms with Crippen molar-refractivity contribution < 1.29 is 14.3 Å². The lowest BCUT2D eigenvalue weighted by Gasteiger charge is -2.27. The van der Waals surface area contributed by atoms with Crippen molar-refractivity contribution in [2.45, 2.75) is 31.7 Å². The summed E-state index contributed by atoms with van der Waals surface area (Å²) in [6, 6.07) is 11.5. The van der Waals surface area contributed by atoms with Gasteiger partial charge >= 0.3 is 5.97 Å². The van der Waals surface area contributed by atoms with Crippen LogP contribution in [0.2, 0.25) is 0 Å². The van der Waals surface area contributed by atoms with E-state index in [1.807, 2.05) is 44.2 Å². The van der Waals surface area contributed by atoms with Gasteiger partial charge in [0.25, 0.3) is 0 Å². The van der Waals surface area contributed by atoms with Crippen LogP contribution in [-0.4, -0.2) is 30.9 Å². The largest absolute Gasteiger partial charge is 0.465 e. The molecule has 1 aliphatic carbocycles. The molecule has 2 aromatic carbocycles. The van der Waals surface area contributed by atoms with Gasteiger partial charge in [-0.3, -0.25) is 4.79 Å². The third-order valence-electron chi connectivity index (χ3n) is 5.44. The minimum absolute atomic E-state index is 0.00364. The molecule has 1 spiro atoms. The normalized spacial score (nSPS) is 23.5. The molecule has 132 valence electrons. The Labute approximate surface area is 152 Å². The molecule has 0 saturated carbocycles. The first-order chi connectivity index (χ1) is 12.5. The number of Topliss-reactive ketones (excluding diaryl/α,β-unsaturated/α-hetero) is 1. The molecule has 0 N–H and O–H groups in total. The third-order valence-corrected chi connectivity index (χ3v) is 5.44. The van der Waals surface area contributed by atoms with Crippen LogP contribution < -0.4 is 0 Å². The van der Waals surface area contributed by atoms with Crippen LogP contribution in [0, 0.1) is 13.8 Å². The van der Waals surface area contributed by atoms with Crippen LogP contribution in [0.15, 0.2) is 46.6 Å². The highest BCUT2D eigenvalue weighted by Gasteiger charge is 2.55. The Kier molecular flexibility index (Phi) is 3.75. The Bertz CT molecular complexity index is 964. The van der Waals surface area contributed by atoms with Gasteiger partial charge in [0.05, 0.1) is 19.2 Å². The van der Waals surface area contributed by atoms with E-state index in [0.29, 0.717) is 24.1 Å². The minimum Gasteiger partial charge on any atom is -0.465 e. The molecule has 26 heavy (non-hydrogen) atoms. The zero-order chi connectivity index (χ0) is 18.5. The average molecular weight is 348 g/mol. The molecule has 2 aromatic rings. The molecule has 1 aliphatic heterocycles. The number of methoxy groups -OCH3 is 1. The minimum atomic E-state index is -0.952. The molecule has 5 nitrogen and oxygen atoms in total. The van der Waals surface area contributed by atoms with E-state index >= 15 is 0 Å². The quantitative estimate of drug-likeness (QED) is 0.775. The number of carbonyl (C=O) groups is 2. The van der Waals surface area contributed by atoms with E-state index in [2.05, 4.69) is 10.2 Å². The summed E-state index contributed by atoms with van der Waals surface area (Å²) in [6.45, 7) is 4.38. The van der Waals surface area contributed by atoms with Crippen molar-refractivity contribution in [2.24, 2.45) is 10.2 Å². The number of benzene rings is 2. The first-order valence-electron chi connectivity index (χ1n) is 8.68. The van der Waals surface area contributed by atoms with Crippen molar-refractivity contribution in [1.29, 1.82) is 0 Å². The third kappa shape index (κ3) is 2.30. The van der Waals surface area contributed by atoms with Gasteiger partial charge in [0.2, 0.25) is 0 Å². The topological polar surface area (TPSA) is 68.1 Å². The van der Waals surface area contributed by atoms with Crippen molar-refractivity contribution in [1.82, 2.24) is 0 Å². The van der Waals surface area contributed by atoms with E-state index in [1.54, 1.807) is 6.07 Å². The predicted octanol–water partition coefficient (Wildman–Crippen LogP) is 3.82. The van der Waals surface area contributed by atoms with Gasteiger partial charge in [0.1, 0.15) is 0 Å². The van der Waals surface area contributed by atoms with Gasteiger partial charge < -0.3 is 4.74 Å². The van der Waals surface area contributed by atoms with Crippen LogP contribution in [-0.2, 0) is 11.2 Å². The molecule has 0 unspecified atom stereocenters. The number of nitrogens with zero attached hydrogens (tertiary/aromatic N) is 2. The van der Waals surface area contributed by atoms with Gasteiger partial charge in [0.15, 0.2) is 11.3 Å². The van der Waals surface area contributed by atoms with Crippen molar-refractivity contribution in [3.8, 4) is 0 Å². The summed E-state index contributed by atoms with van der Waals surface area (Å²) >= 11 is 0. The van der Waals surface area contributed by atoms with Crippen LogP contribution in [0.5, 0.6) is 0 Å². The molecule has 1 heterocycles. The van der Waals surface area contributed by atoms with Crippen LogP contribution in [0.4, 0.5) is 0 Å². The molecule has 2 atom stereocenters. The lowest BCUT2D eigenvalue weighted by atomic mass is 9.76. The second kappa shape index (κ2) is 5.87. The summed E-state index contributed by atoms with van der Waals surface area (Å²) in [6.07, 6.45) is 0.519. The Morgan fingerprint density at radius 3 is 2.65 bits per heavy atom. The van der Waals surface area contributed by atoms with Crippen LogP contribution >= 0.6 is 0 Å². The first kappa shape index (κ1) is 16.6. The van der Waals surface area contributed by atoms with E-state index in [-0.39, 0.29) is 11.7 Å². The number of hydrogen-bond acceptors (Lipinski definition) is 5. The maximum absolute atomic E-state index is 13.3. The lowest BCUT2D eigenvalue weighted by Crippen LogP contribution is -2.39. The van der Waals surface area contributed by atoms with Crippen molar-refractivity contribution in [2.75, 3.05) is 13.7 Å². The van der Waals surface area contributed by atoms with E-state index < -0.39 is 11.5 Å². The molecule has 4 rings (SSSR count). The SMILES string of the molecule is COC(=O)c1ccc(C)cc1[C@H]1CN=N[C@@]12Cc1cc(C)ccc1C2=O. The van der Waals surface area contributed by atoms with Gasteiger partial charge in [-0.2, -0.15) is 10.2 Å². The number of hydrogen-bond donors (Lipinski definition) is 0. The molecular weight excluding hydrogens is 328 g/mol. The van der Waals surface area contributed by atoms with Gasteiger partial charge in [0, 0.05) is 17.9 Å². The van der Waals surface area contributed by atoms with Crippen LogP contribution in [0.25, 0.3) is 0 Å². The van der Waals surface area contributed by atoms with Gasteiger partial charge in [-0.05, 0) is 31.0 Å². The smallest absolute Gasteiger partial charge is 0.338 e. The van der Waals surface area contributed by atoms with Gasteiger partial charge in [-0.25, -0.2) is 4.79 Å². The zero-order valence-corrected chi connectivity index (χ0v) is 15.1. The monoisotopic (exact) mass is 348 g/mol. The van der Waals surface area contributed by atoms with E-state index in [9.17, 15) is 9.59 Å². The molecule has 2 aliphatic rings. The lowest BCUT2D eigenvalue weighted by molar-refractivity contribution is 0.0597. The predicted molar refractivity (Wildman–Crippen MR) is 96.9 cm³/mol. The number of ether oxygens (including phenoxy) is 1. The molecular formula is C21H20N2O3.